The average Bonchev–Trinajstić information content (AvgIpc) is 2.89. The Labute approximate surface area is 110 Å². The molecule has 1 aromatic heterocycles. The second-order valence-corrected chi connectivity index (χ2v) is 5.67. The molecule has 3 nitrogen and oxygen atoms in total. The molecule has 0 aromatic carbocycles. The van der Waals surface area contributed by atoms with Gasteiger partial charge < -0.3 is 5.32 Å². The maximum absolute atomic E-state index is 4.41. The molecule has 1 N–H and O–H groups in total. The molecule has 0 amide bonds. The standard InChI is InChI=1S/C15H23N3/c1-16-15-8-7-12(10-17-15)11-18-9-3-5-13-4-2-6-14(13)18/h7-8,10,13-14H,2-6,9,11H2,1H3,(H,16,17). The lowest BCUT2D eigenvalue weighted by atomic mass is 9.92. The fourth-order valence-electron chi connectivity index (χ4n) is 3.65. The van der Waals surface area contributed by atoms with Crippen molar-refractivity contribution in [2.24, 2.45) is 5.92 Å². The van der Waals surface area contributed by atoms with Crippen LogP contribution in [0.25, 0.3) is 0 Å². The highest BCUT2D eigenvalue weighted by atomic mass is 15.2. The number of anilines is 1. The summed E-state index contributed by atoms with van der Waals surface area (Å²) in [4.78, 5) is 7.10. The quantitative estimate of drug-likeness (QED) is 0.887. The summed E-state index contributed by atoms with van der Waals surface area (Å²) >= 11 is 0. The molecule has 2 aliphatic rings. The van der Waals surface area contributed by atoms with Crippen LogP contribution in [0.2, 0.25) is 0 Å². The van der Waals surface area contributed by atoms with E-state index < -0.39 is 0 Å². The number of pyridine rings is 1. The van der Waals surface area contributed by atoms with E-state index in [9.17, 15) is 0 Å². The summed E-state index contributed by atoms with van der Waals surface area (Å²) in [5.74, 6) is 1.93. The van der Waals surface area contributed by atoms with Crippen LogP contribution in [0.1, 0.15) is 37.7 Å². The van der Waals surface area contributed by atoms with Gasteiger partial charge in [-0.3, -0.25) is 4.90 Å². The zero-order valence-corrected chi connectivity index (χ0v) is 11.2. The van der Waals surface area contributed by atoms with Crippen LogP contribution in [0.5, 0.6) is 0 Å². The molecule has 98 valence electrons. The zero-order valence-electron chi connectivity index (χ0n) is 11.2. The first-order chi connectivity index (χ1) is 8.86. The van der Waals surface area contributed by atoms with Crippen LogP contribution in [0.15, 0.2) is 18.3 Å². The zero-order chi connectivity index (χ0) is 12.4. The second-order valence-electron chi connectivity index (χ2n) is 5.67. The number of piperidine rings is 1. The third kappa shape index (κ3) is 2.37. The Kier molecular flexibility index (Phi) is 3.50. The van der Waals surface area contributed by atoms with E-state index in [0.29, 0.717) is 0 Å². The lowest BCUT2D eigenvalue weighted by Gasteiger charge is -2.37. The number of fused-ring (bicyclic) bond motifs is 1. The lowest BCUT2D eigenvalue weighted by Crippen LogP contribution is -2.41. The van der Waals surface area contributed by atoms with Gasteiger partial charge in [-0.25, -0.2) is 4.98 Å². The van der Waals surface area contributed by atoms with Crippen LogP contribution in [-0.4, -0.2) is 29.5 Å². The second kappa shape index (κ2) is 5.27. The molecule has 0 spiro atoms. The molecule has 0 bridgehead atoms. The van der Waals surface area contributed by atoms with E-state index in [1.165, 1.54) is 44.2 Å². The topological polar surface area (TPSA) is 28.2 Å². The molecular formula is C15H23N3. The summed E-state index contributed by atoms with van der Waals surface area (Å²) < 4.78 is 0. The van der Waals surface area contributed by atoms with Gasteiger partial charge in [0.1, 0.15) is 5.82 Å². The van der Waals surface area contributed by atoms with E-state index in [1.54, 1.807) is 0 Å². The van der Waals surface area contributed by atoms with Crippen molar-refractivity contribution in [1.82, 2.24) is 9.88 Å². The van der Waals surface area contributed by atoms with Gasteiger partial charge in [-0.05, 0) is 49.8 Å². The first-order valence-corrected chi connectivity index (χ1v) is 7.23. The highest BCUT2D eigenvalue weighted by Gasteiger charge is 2.34. The Hall–Kier alpha value is -1.09. The van der Waals surface area contributed by atoms with Crippen LogP contribution >= 0.6 is 0 Å². The Balaban J connectivity index is 1.67. The summed E-state index contributed by atoms with van der Waals surface area (Å²) in [5.41, 5.74) is 1.35. The van der Waals surface area contributed by atoms with Crippen molar-refractivity contribution in [3.05, 3.63) is 23.9 Å². The number of hydrogen-bond acceptors (Lipinski definition) is 3. The minimum Gasteiger partial charge on any atom is -0.373 e. The minimum atomic E-state index is 0.850. The van der Waals surface area contributed by atoms with Crippen molar-refractivity contribution in [1.29, 1.82) is 0 Å². The fraction of sp³-hybridized carbons (Fsp3) is 0.667. The van der Waals surface area contributed by atoms with E-state index in [0.717, 1.165) is 24.3 Å². The predicted molar refractivity (Wildman–Crippen MR) is 74.6 cm³/mol. The highest BCUT2D eigenvalue weighted by molar-refractivity contribution is 5.34. The number of nitrogens with one attached hydrogen (secondary N) is 1. The summed E-state index contributed by atoms with van der Waals surface area (Å²) in [5, 5.41) is 3.07. The molecule has 2 unspecified atom stereocenters. The van der Waals surface area contributed by atoms with Crippen molar-refractivity contribution in [2.45, 2.75) is 44.7 Å². The van der Waals surface area contributed by atoms with Crippen LogP contribution in [0, 0.1) is 5.92 Å². The van der Waals surface area contributed by atoms with E-state index >= 15 is 0 Å². The SMILES string of the molecule is CNc1ccc(CN2CCCC3CCCC32)cn1. The molecule has 1 aliphatic heterocycles. The molecule has 1 saturated carbocycles. The highest BCUT2D eigenvalue weighted by Crippen LogP contribution is 2.37. The lowest BCUT2D eigenvalue weighted by molar-refractivity contribution is 0.106. The number of nitrogens with zero attached hydrogens (tertiary/aromatic N) is 2. The maximum atomic E-state index is 4.41. The van der Waals surface area contributed by atoms with Crippen LogP contribution in [0.4, 0.5) is 5.82 Å². The molecule has 2 atom stereocenters. The van der Waals surface area contributed by atoms with Gasteiger partial charge in [-0.2, -0.15) is 0 Å². The Morgan fingerprint density at radius 2 is 2.17 bits per heavy atom. The molecule has 3 heteroatoms. The minimum absolute atomic E-state index is 0.850. The van der Waals surface area contributed by atoms with Gasteiger partial charge in [0.25, 0.3) is 0 Å². The molecule has 3 rings (SSSR count). The van der Waals surface area contributed by atoms with Gasteiger partial charge >= 0.3 is 0 Å². The first kappa shape index (κ1) is 12.0. The van der Waals surface area contributed by atoms with Gasteiger partial charge in [-0.15, -0.1) is 0 Å². The van der Waals surface area contributed by atoms with Crippen molar-refractivity contribution in [3.8, 4) is 0 Å². The van der Waals surface area contributed by atoms with Crippen LogP contribution in [-0.2, 0) is 6.54 Å². The molecule has 18 heavy (non-hydrogen) atoms. The third-order valence-corrected chi connectivity index (χ3v) is 4.57. The fourth-order valence-corrected chi connectivity index (χ4v) is 3.65. The van der Waals surface area contributed by atoms with Crippen molar-refractivity contribution in [3.63, 3.8) is 0 Å². The van der Waals surface area contributed by atoms with E-state index in [1.807, 2.05) is 13.2 Å². The maximum Gasteiger partial charge on any atom is 0.125 e. The van der Waals surface area contributed by atoms with Gasteiger partial charge in [0.05, 0.1) is 0 Å². The van der Waals surface area contributed by atoms with E-state index in [-0.39, 0.29) is 0 Å². The number of aromatic nitrogens is 1. The van der Waals surface area contributed by atoms with Gasteiger partial charge in [0.2, 0.25) is 0 Å². The van der Waals surface area contributed by atoms with Crippen LogP contribution in [0.3, 0.4) is 0 Å². The average molecular weight is 245 g/mol. The Bertz CT molecular complexity index is 387. The number of rotatable bonds is 3. The third-order valence-electron chi connectivity index (χ3n) is 4.57. The van der Waals surface area contributed by atoms with E-state index in [4.69, 9.17) is 0 Å². The summed E-state index contributed by atoms with van der Waals surface area (Å²) in [7, 11) is 1.91. The smallest absolute Gasteiger partial charge is 0.125 e. The molecule has 2 heterocycles. The molecule has 0 radical (unpaired) electrons. The monoisotopic (exact) mass is 245 g/mol. The molecular weight excluding hydrogens is 222 g/mol. The largest absolute Gasteiger partial charge is 0.373 e. The van der Waals surface area contributed by atoms with Crippen molar-refractivity contribution < 1.29 is 0 Å². The molecule has 1 aromatic rings. The van der Waals surface area contributed by atoms with E-state index in [2.05, 4.69) is 27.3 Å². The van der Waals surface area contributed by atoms with Crippen LogP contribution < -0.4 is 5.32 Å². The van der Waals surface area contributed by atoms with Crippen molar-refractivity contribution >= 4 is 5.82 Å². The number of hydrogen-bond donors (Lipinski definition) is 1. The number of likely N-dealkylation sites (tertiary alicyclic amines) is 1. The van der Waals surface area contributed by atoms with Gasteiger partial charge in [0.15, 0.2) is 0 Å². The summed E-state index contributed by atoms with van der Waals surface area (Å²) in [6, 6.07) is 5.13. The Morgan fingerprint density at radius 1 is 1.28 bits per heavy atom. The first-order valence-electron chi connectivity index (χ1n) is 7.23. The Morgan fingerprint density at radius 3 is 2.94 bits per heavy atom. The molecule has 1 aliphatic carbocycles. The normalized spacial score (nSPS) is 28.1. The van der Waals surface area contributed by atoms with Crippen molar-refractivity contribution in [2.75, 3.05) is 18.9 Å². The molecule has 1 saturated heterocycles. The van der Waals surface area contributed by atoms with Gasteiger partial charge in [-0.1, -0.05) is 12.5 Å². The summed E-state index contributed by atoms with van der Waals surface area (Å²) in [6.45, 7) is 2.35. The molecule has 2 fully saturated rings. The van der Waals surface area contributed by atoms with Gasteiger partial charge in [0, 0.05) is 25.8 Å². The predicted octanol–water partition coefficient (Wildman–Crippen LogP) is 2.89. The summed E-state index contributed by atoms with van der Waals surface area (Å²) in [6.07, 6.45) is 9.15.